The Bertz CT molecular complexity index is 608. The van der Waals surface area contributed by atoms with Crippen LogP contribution in [0.15, 0.2) is 22.5 Å². The lowest BCUT2D eigenvalue weighted by atomic mass is 9.84. The molecule has 0 spiro atoms. The summed E-state index contributed by atoms with van der Waals surface area (Å²) in [7, 11) is 0. The first-order valence-electron chi connectivity index (χ1n) is 5.87. The number of hydrogen-bond donors (Lipinski definition) is 0. The lowest BCUT2D eigenvalue weighted by Gasteiger charge is -2.35. The molecular weight excluding hydrogens is 264 g/mol. The van der Waals surface area contributed by atoms with Crippen molar-refractivity contribution in [1.82, 2.24) is 5.06 Å². The first-order valence-corrected chi connectivity index (χ1v) is 7.57. The lowest BCUT2D eigenvalue weighted by molar-refractivity contribution is -0.158. The van der Waals surface area contributed by atoms with Crippen LogP contribution in [0.25, 0.3) is 9.40 Å². The highest BCUT2D eigenvalue weighted by Crippen LogP contribution is 2.40. The predicted molar refractivity (Wildman–Crippen MR) is 76.9 cm³/mol. The summed E-state index contributed by atoms with van der Waals surface area (Å²) in [6.45, 7) is 7.93. The van der Waals surface area contributed by atoms with Crippen molar-refractivity contribution in [3.05, 3.63) is 22.4 Å². The number of nitrogens with zero attached hydrogens (tertiary/aromatic N) is 2. The SMILES string of the molecule is CC1(C)N=C(c2cc3sccc3s2)N([O])C1(C)C. The summed E-state index contributed by atoms with van der Waals surface area (Å²) in [5.74, 6) is 0.582. The first-order chi connectivity index (χ1) is 8.33. The van der Waals surface area contributed by atoms with Gasteiger partial charge in [0.2, 0.25) is 0 Å². The Kier molecular flexibility index (Phi) is 2.40. The van der Waals surface area contributed by atoms with Crippen molar-refractivity contribution < 1.29 is 5.21 Å². The number of fused-ring (bicyclic) bond motifs is 1. The maximum absolute atomic E-state index is 12.4. The van der Waals surface area contributed by atoms with E-state index in [9.17, 15) is 5.21 Å². The minimum Gasteiger partial charge on any atom is -0.257 e. The third-order valence-corrected chi connectivity index (χ3v) is 6.03. The fourth-order valence-electron chi connectivity index (χ4n) is 1.99. The van der Waals surface area contributed by atoms with E-state index in [1.807, 2.05) is 27.7 Å². The van der Waals surface area contributed by atoms with E-state index in [4.69, 9.17) is 0 Å². The molecule has 1 aliphatic heterocycles. The molecule has 0 unspecified atom stereocenters. The van der Waals surface area contributed by atoms with Gasteiger partial charge in [-0.2, -0.15) is 5.06 Å². The summed E-state index contributed by atoms with van der Waals surface area (Å²) >= 11 is 3.35. The molecule has 0 atom stereocenters. The minimum absolute atomic E-state index is 0.360. The average molecular weight is 279 g/mol. The third-order valence-electron chi connectivity index (χ3n) is 3.94. The molecule has 18 heavy (non-hydrogen) atoms. The zero-order valence-electron chi connectivity index (χ0n) is 10.9. The van der Waals surface area contributed by atoms with Gasteiger partial charge in [-0.05, 0) is 45.2 Å². The Morgan fingerprint density at radius 2 is 1.94 bits per heavy atom. The predicted octanol–water partition coefficient (Wildman–Crippen LogP) is 3.93. The molecule has 1 radical (unpaired) electrons. The van der Waals surface area contributed by atoms with E-state index in [2.05, 4.69) is 22.5 Å². The van der Waals surface area contributed by atoms with Gasteiger partial charge in [0.15, 0.2) is 5.84 Å². The zero-order valence-corrected chi connectivity index (χ0v) is 12.5. The molecule has 3 nitrogen and oxygen atoms in total. The van der Waals surface area contributed by atoms with Gasteiger partial charge in [0.1, 0.15) is 0 Å². The molecule has 0 bridgehead atoms. The summed E-state index contributed by atoms with van der Waals surface area (Å²) < 4.78 is 2.46. The molecule has 0 saturated carbocycles. The van der Waals surface area contributed by atoms with Gasteiger partial charge in [0, 0.05) is 9.40 Å². The van der Waals surface area contributed by atoms with Gasteiger partial charge in [0.05, 0.1) is 16.0 Å². The average Bonchev–Trinajstić information content (AvgIpc) is 2.87. The summed E-state index contributed by atoms with van der Waals surface area (Å²) in [4.78, 5) is 5.62. The quantitative estimate of drug-likeness (QED) is 0.779. The van der Waals surface area contributed by atoms with Gasteiger partial charge in [-0.1, -0.05) is 5.21 Å². The molecule has 2 aromatic rings. The van der Waals surface area contributed by atoms with Crippen LogP contribution in [0.1, 0.15) is 32.6 Å². The topological polar surface area (TPSA) is 35.5 Å². The Hall–Kier alpha value is -0.910. The second kappa shape index (κ2) is 3.56. The van der Waals surface area contributed by atoms with E-state index in [0.29, 0.717) is 5.84 Å². The molecule has 95 valence electrons. The number of hydrogen-bond acceptors (Lipinski definition) is 4. The van der Waals surface area contributed by atoms with Crippen molar-refractivity contribution in [2.75, 3.05) is 0 Å². The smallest absolute Gasteiger partial charge is 0.169 e. The Balaban J connectivity index is 2.10. The molecule has 5 heteroatoms. The number of aliphatic imine (C=N–C) groups is 1. The number of rotatable bonds is 1. The van der Waals surface area contributed by atoms with Crippen LogP contribution in [0.2, 0.25) is 0 Å². The maximum atomic E-state index is 12.4. The highest BCUT2D eigenvalue weighted by atomic mass is 32.1. The van der Waals surface area contributed by atoms with Crippen LogP contribution >= 0.6 is 22.7 Å². The van der Waals surface area contributed by atoms with Gasteiger partial charge < -0.3 is 0 Å². The van der Waals surface area contributed by atoms with Crippen LogP contribution in [0, 0.1) is 0 Å². The highest BCUT2D eigenvalue weighted by Gasteiger charge is 2.50. The normalized spacial score (nSPS) is 21.6. The van der Waals surface area contributed by atoms with Crippen molar-refractivity contribution in [2.24, 2.45) is 4.99 Å². The minimum atomic E-state index is -0.500. The molecule has 0 saturated heterocycles. The summed E-state index contributed by atoms with van der Waals surface area (Å²) in [5, 5.41) is 15.6. The van der Waals surface area contributed by atoms with Gasteiger partial charge in [-0.15, -0.1) is 22.7 Å². The van der Waals surface area contributed by atoms with Crippen molar-refractivity contribution >= 4 is 37.9 Å². The van der Waals surface area contributed by atoms with Crippen LogP contribution in [0.3, 0.4) is 0 Å². The molecular formula is C13H15N2OS2. The number of amidine groups is 1. The second-order valence-corrected chi connectivity index (χ2v) is 7.64. The molecule has 0 aliphatic carbocycles. The highest BCUT2D eigenvalue weighted by molar-refractivity contribution is 7.27. The van der Waals surface area contributed by atoms with Crippen LogP contribution < -0.4 is 0 Å². The molecule has 0 N–H and O–H groups in total. The Labute approximate surface area is 114 Å². The largest absolute Gasteiger partial charge is 0.257 e. The zero-order chi connectivity index (χ0) is 13.1. The van der Waals surface area contributed by atoms with E-state index in [-0.39, 0.29) is 5.54 Å². The maximum Gasteiger partial charge on any atom is 0.169 e. The lowest BCUT2D eigenvalue weighted by Crippen LogP contribution is -2.50. The molecule has 1 aliphatic rings. The summed E-state index contributed by atoms with van der Waals surface area (Å²) in [6, 6.07) is 4.17. The van der Waals surface area contributed by atoms with Gasteiger partial charge in [-0.3, -0.25) is 4.99 Å². The van der Waals surface area contributed by atoms with E-state index >= 15 is 0 Å². The second-order valence-electron chi connectivity index (χ2n) is 5.61. The van der Waals surface area contributed by atoms with Crippen LogP contribution in [-0.2, 0) is 5.21 Å². The standard InChI is InChI=1S/C13H15N2OS2/c1-12(2)13(3,4)15(16)11(14-12)10-7-9-8(18-10)5-6-17-9/h5-7H,1-4H3. The fraction of sp³-hybridized carbons (Fsp3) is 0.462. The van der Waals surface area contributed by atoms with Crippen LogP contribution in [0.4, 0.5) is 0 Å². The Morgan fingerprint density at radius 1 is 1.22 bits per heavy atom. The molecule has 3 rings (SSSR count). The van der Waals surface area contributed by atoms with Crippen molar-refractivity contribution in [3.63, 3.8) is 0 Å². The number of thiophene rings is 2. The van der Waals surface area contributed by atoms with Crippen molar-refractivity contribution in [3.8, 4) is 0 Å². The molecule has 3 heterocycles. The summed E-state index contributed by atoms with van der Waals surface area (Å²) in [5.41, 5.74) is -0.860. The number of hydroxylamine groups is 2. The van der Waals surface area contributed by atoms with Gasteiger partial charge in [-0.25, -0.2) is 0 Å². The van der Waals surface area contributed by atoms with Gasteiger partial charge >= 0.3 is 0 Å². The molecule has 0 aromatic carbocycles. The van der Waals surface area contributed by atoms with Crippen LogP contribution in [-0.4, -0.2) is 22.0 Å². The molecule has 2 aromatic heterocycles. The van der Waals surface area contributed by atoms with E-state index in [0.717, 1.165) is 9.94 Å². The fourth-order valence-corrected chi connectivity index (χ4v) is 4.07. The first kappa shape index (κ1) is 12.1. The monoisotopic (exact) mass is 279 g/mol. The molecule has 0 amide bonds. The van der Waals surface area contributed by atoms with E-state index in [1.165, 1.54) is 9.40 Å². The van der Waals surface area contributed by atoms with Gasteiger partial charge in [0.25, 0.3) is 0 Å². The van der Waals surface area contributed by atoms with Crippen molar-refractivity contribution in [1.29, 1.82) is 0 Å². The Morgan fingerprint density at radius 3 is 2.50 bits per heavy atom. The van der Waals surface area contributed by atoms with E-state index < -0.39 is 5.54 Å². The van der Waals surface area contributed by atoms with Crippen LogP contribution in [0.5, 0.6) is 0 Å². The summed E-state index contributed by atoms with van der Waals surface area (Å²) in [6.07, 6.45) is 0. The third kappa shape index (κ3) is 1.47. The van der Waals surface area contributed by atoms with E-state index in [1.54, 1.807) is 22.7 Å². The molecule has 0 fully saturated rings. The van der Waals surface area contributed by atoms with Crippen molar-refractivity contribution in [2.45, 2.75) is 38.8 Å².